The van der Waals surface area contributed by atoms with E-state index >= 15 is 0 Å². The lowest BCUT2D eigenvalue weighted by atomic mass is 10.1. The van der Waals surface area contributed by atoms with E-state index in [9.17, 15) is 4.79 Å². The first-order valence-corrected chi connectivity index (χ1v) is 6.84. The third-order valence-electron chi connectivity index (χ3n) is 3.12. The second-order valence-electron chi connectivity index (χ2n) is 4.62. The van der Waals surface area contributed by atoms with Gasteiger partial charge in [0, 0.05) is 22.9 Å². The number of amides is 1. The Morgan fingerprint density at radius 2 is 2.00 bits per heavy atom. The van der Waals surface area contributed by atoms with E-state index in [2.05, 4.69) is 0 Å². The summed E-state index contributed by atoms with van der Waals surface area (Å²) in [5.74, 6) is -0.141. The summed E-state index contributed by atoms with van der Waals surface area (Å²) in [6.45, 7) is 4.49. The highest BCUT2D eigenvalue weighted by Crippen LogP contribution is 2.23. The van der Waals surface area contributed by atoms with Crippen molar-refractivity contribution in [2.45, 2.75) is 13.8 Å². The summed E-state index contributed by atoms with van der Waals surface area (Å²) < 4.78 is 0. The smallest absolute Gasteiger partial charge is 0.260 e. The van der Waals surface area contributed by atoms with Crippen molar-refractivity contribution in [2.24, 2.45) is 0 Å². The van der Waals surface area contributed by atoms with E-state index in [1.54, 1.807) is 23.1 Å². The van der Waals surface area contributed by atoms with Crippen LogP contribution >= 0.6 is 11.6 Å². The Bertz CT molecular complexity index is 640. The molecule has 0 aliphatic carbocycles. The normalized spacial score (nSPS) is 10.3. The standard InChI is InChI=1S/C16H17ClN2O/c1-3-19(13-6-4-5-11(2)9-13)16(20)14-10-12(17)7-8-15(14)18/h4-10H,3,18H2,1-2H3. The molecule has 0 unspecified atom stereocenters. The second kappa shape index (κ2) is 5.97. The zero-order valence-electron chi connectivity index (χ0n) is 11.6. The Kier molecular flexibility index (Phi) is 4.30. The summed E-state index contributed by atoms with van der Waals surface area (Å²) in [5, 5.41) is 0.503. The lowest BCUT2D eigenvalue weighted by Crippen LogP contribution is -2.31. The van der Waals surface area contributed by atoms with Gasteiger partial charge in [-0.2, -0.15) is 0 Å². The van der Waals surface area contributed by atoms with Crippen molar-refractivity contribution in [3.05, 3.63) is 58.6 Å². The molecule has 1 amide bonds. The number of nitrogens with two attached hydrogens (primary N) is 1. The topological polar surface area (TPSA) is 46.3 Å². The van der Waals surface area contributed by atoms with Crippen LogP contribution in [-0.4, -0.2) is 12.5 Å². The lowest BCUT2D eigenvalue weighted by Gasteiger charge is -2.22. The van der Waals surface area contributed by atoms with Gasteiger partial charge in [0.25, 0.3) is 5.91 Å². The Balaban J connectivity index is 2.41. The quantitative estimate of drug-likeness (QED) is 0.871. The summed E-state index contributed by atoms with van der Waals surface area (Å²) in [7, 11) is 0. The van der Waals surface area contributed by atoms with Gasteiger partial charge in [-0.1, -0.05) is 23.7 Å². The molecule has 20 heavy (non-hydrogen) atoms. The molecule has 2 N–H and O–H groups in total. The first-order chi connectivity index (χ1) is 9.52. The fraction of sp³-hybridized carbons (Fsp3) is 0.188. The fourth-order valence-electron chi connectivity index (χ4n) is 2.10. The predicted molar refractivity (Wildman–Crippen MR) is 84.4 cm³/mol. The molecule has 0 aliphatic heterocycles. The SMILES string of the molecule is CCN(C(=O)c1cc(Cl)ccc1N)c1cccc(C)c1. The van der Waals surface area contributed by atoms with Crippen LogP contribution in [0.1, 0.15) is 22.8 Å². The van der Waals surface area contributed by atoms with E-state index in [0.29, 0.717) is 22.8 Å². The molecular weight excluding hydrogens is 272 g/mol. The van der Waals surface area contributed by atoms with Crippen LogP contribution in [0.4, 0.5) is 11.4 Å². The largest absolute Gasteiger partial charge is 0.398 e. The molecule has 0 radical (unpaired) electrons. The molecule has 4 heteroatoms. The molecule has 0 fully saturated rings. The first-order valence-electron chi connectivity index (χ1n) is 6.46. The van der Waals surface area contributed by atoms with Crippen LogP contribution < -0.4 is 10.6 Å². The summed E-state index contributed by atoms with van der Waals surface area (Å²) in [6.07, 6.45) is 0. The maximum atomic E-state index is 12.6. The van der Waals surface area contributed by atoms with Crippen LogP contribution in [-0.2, 0) is 0 Å². The number of anilines is 2. The Morgan fingerprint density at radius 3 is 2.65 bits per heavy atom. The molecule has 0 heterocycles. The van der Waals surface area contributed by atoms with Gasteiger partial charge in [0.15, 0.2) is 0 Å². The number of hydrogen-bond donors (Lipinski definition) is 1. The monoisotopic (exact) mass is 288 g/mol. The summed E-state index contributed by atoms with van der Waals surface area (Å²) in [6, 6.07) is 12.8. The molecule has 2 aromatic rings. The molecule has 0 spiro atoms. The maximum Gasteiger partial charge on any atom is 0.260 e. The number of nitrogens with zero attached hydrogens (tertiary/aromatic N) is 1. The predicted octanol–water partition coefficient (Wildman–Crippen LogP) is 3.90. The van der Waals surface area contributed by atoms with Crippen LogP contribution in [0.5, 0.6) is 0 Å². The van der Waals surface area contributed by atoms with Gasteiger partial charge in [0.2, 0.25) is 0 Å². The second-order valence-corrected chi connectivity index (χ2v) is 5.06. The highest BCUT2D eigenvalue weighted by molar-refractivity contribution is 6.31. The van der Waals surface area contributed by atoms with Crippen molar-refractivity contribution in [1.29, 1.82) is 0 Å². The molecular formula is C16H17ClN2O. The van der Waals surface area contributed by atoms with Crippen LogP contribution in [0, 0.1) is 6.92 Å². The minimum atomic E-state index is -0.141. The minimum absolute atomic E-state index is 0.141. The number of aryl methyl sites for hydroxylation is 1. The van der Waals surface area contributed by atoms with Crippen molar-refractivity contribution in [3.8, 4) is 0 Å². The van der Waals surface area contributed by atoms with E-state index in [1.165, 1.54) is 0 Å². The average molecular weight is 289 g/mol. The third-order valence-corrected chi connectivity index (χ3v) is 3.36. The molecule has 0 aliphatic rings. The van der Waals surface area contributed by atoms with E-state index < -0.39 is 0 Å². The molecule has 0 aromatic heterocycles. The number of hydrogen-bond acceptors (Lipinski definition) is 2. The fourth-order valence-corrected chi connectivity index (χ4v) is 2.27. The number of carbonyl (C=O) groups excluding carboxylic acids is 1. The van der Waals surface area contributed by atoms with Crippen LogP contribution in [0.25, 0.3) is 0 Å². The zero-order chi connectivity index (χ0) is 14.7. The molecule has 104 valence electrons. The van der Waals surface area contributed by atoms with E-state index in [0.717, 1.165) is 11.3 Å². The Hall–Kier alpha value is -2.00. The van der Waals surface area contributed by atoms with Gasteiger partial charge in [-0.15, -0.1) is 0 Å². The third kappa shape index (κ3) is 2.94. The summed E-state index contributed by atoms with van der Waals surface area (Å²) >= 11 is 5.95. The van der Waals surface area contributed by atoms with Gasteiger partial charge in [-0.3, -0.25) is 4.79 Å². The Morgan fingerprint density at radius 1 is 1.25 bits per heavy atom. The van der Waals surface area contributed by atoms with Gasteiger partial charge >= 0.3 is 0 Å². The number of rotatable bonds is 3. The molecule has 0 saturated heterocycles. The summed E-state index contributed by atoms with van der Waals surface area (Å²) in [5.41, 5.74) is 8.71. The van der Waals surface area contributed by atoms with Crippen LogP contribution in [0.3, 0.4) is 0 Å². The van der Waals surface area contributed by atoms with Crippen molar-refractivity contribution in [2.75, 3.05) is 17.2 Å². The van der Waals surface area contributed by atoms with Gasteiger partial charge in [-0.25, -0.2) is 0 Å². The molecule has 2 rings (SSSR count). The molecule has 0 atom stereocenters. The van der Waals surface area contributed by atoms with E-state index in [1.807, 2.05) is 38.1 Å². The van der Waals surface area contributed by atoms with Crippen molar-refractivity contribution in [3.63, 3.8) is 0 Å². The summed E-state index contributed by atoms with van der Waals surface area (Å²) in [4.78, 5) is 14.3. The zero-order valence-corrected chi connectivity index (χ0v) is 12.3. The number of carbonyl (C=O) groups is 1. The number of halogens is 1. The Labute approximate surface area is 124 Å². The van der Waals surface area contributed by atoms with Gasteiger partial charge in [0.05, 0.1) is 5.56 Å². The van der Waals surface area contributed by atoms with E-state index in [4.69, 9.17) is 17.3 Å². The average Bonchev–Trinajstić information content (AvgIpc) is 2.42. The lowest BCUT2D eigenvalue weighted by molar-refractivity contribution is 0.0989. The van der Waals surface area contributed by atoms with E-state index in [-0.39, 0.29) is 5.91 Å². The van der Waals surface area contributed by atoms with Crippen LogP contribution in [0.15, 0.2) is 42.5 Å². The minimum Gasteiger partial charge on any atom is -0.398 e. The number of benzene rings is 2. The van der Waals surface area contributed by atoms with Gasteiger partial charge < -0.3 is 10.6 Å². The molecule has 0 saturated carbocycles. The highest BCUT2D eigenvalue weighted by Gasteiger charge is 2.18. The van der Waals surface area contributed by atoms with Crippen LogP contribution in [0.2, 0.25) is 5.02 Å². The van der Waals surface area contributed by atoms with Crippen molar-refractivity contribution in [1.82, 2.24) is 0 Å². The van der Waals surface area contributed by atoms with Crippen molar-refractivity contribution >= 4 is 28.9 Å². The molecule has 3 nitrogen and oxygen atoms in total. The number of nitrogen functional groups attached to an aromatic ring is 1. The first kappa shape index (κ1) is 14.4. The maximum absolute atomic E-state index is 12.6. The van der Waals surface area contributed by atoms with Gasteiger partial charge in [-0.05, 0) is 49.7 Å². The molecule has 0 bridgehead atoms. The van der Waals surface area contributed by atoms with Gasteiger partial charge in [0.1, 0.15) is 0 Å². The highest BCUT2D eigenvalue weighted by atomic mass is 35.5. The molecule has 2 aromatic carbocycles. The van der Waals surface area contributed by atoms with Crippen molar-refractivity contribution < 1.29 is 4.79 Å².